The molecule has 0 saturated carbocycles. The summed E-state index contributed by atoms with van der Waals surface area (Å²) in [6.07, 6.45) is 8.48. The molecule has 1 atom stereocenters. The number of hydrogen-bond acceptors (Lipinski definition) is 2. The molecular weight excluding hydrogens is 408 g/mol. The SMILES string of the molecule is CCCCCCCC#CCC(CCO)O[Si](c1ccccc1)(c1ccccc1)C(C)(C)C. The van der Waals surface area contributed by atoms with Crippen molar-refractivity contribution in [2.24, 2.45) is 0 Å². The zero-order chi connectivity index (χ0) is 23.3. The molecule has 32 heavy (non-hydrogen) atoms. The first-order valence-corrected chi connectivity index (χ1v) is 14.2. The quantitative estimate of drug-likeness (QED) is 0.242. The molecule has 0 aromatic heterocycles. The van der Waals surface area contributed by atoms with Crippen LogP contribution in [0, 0.1) is 11.8 Å². The number of aliphatic hydroxyl groups is 1. The second-order valence-corrected chi connectivity index (χ2v) is 13.9. The fourth-order valence-electron chi connectivity index (χ4n) is 4.38. The van der Waals surface area contributed by atoms with Crippen LogP contribution < -0.4 is 10.4 Å². The lowest BCUT2D eigenvalue weighted by Crippen LogP contribution is -2.67. The molecule has 2 nitrogen and oxygen atoms in total. The standard InChI is InChI=1S/C29H42O2Si/c1-5-6-7-8-9-10-11-14-19-26(24-25-30)31-32(29(2,3)4,27-20-15-12-16-21-27)28-22-17-13-18-23-28/h12-13,15-18,20-23,26,30H,5-10,19,24-25H2,1-4H3. The third kappa shape index (κ3) is 7.34. The zero-order valence-electron chi connectivity index (χ0n) is 20.6. The van der Waals surface area contributed by atoms with Gasteiger partial charge in [-0.2, -0.15) is 0 Å². The van der Waals surface area contributed by atoms with Crippen LogP contribution in [0.5, 0.6) is 0 Å². The fourth-order valence-corrected chi connectivity index (χ4v) is 9.10. The van der Waals surface area contributed by atoms with Gasteiger partial charge >= 0.3 is 0 Å². The minimum Gasteiger partial charge on any atom is -0.403 e. The van der Waals surface area contributed by atoms with Crippen molar-refractivity contribution in [2.45, 2.75) is 90.2 Å². The Hall–Kier alpha value is -1.86. The van der Waals surface area contributed by atoms with E-state index in [2.05, 4.69) is 100 Å². The van der Waals surface area contributed by atoms with Gasteiger partial charge in [0.15, 0.2) is 0 Å². The van der Waals surface area contributed by atoms with Crippen LogP contribution >= 0.6 is 0 Å². The van der Waals surface area contributed by atoms with E-state index in [9.17, 15) is 5.11 Å². The number of benzene rings is 2. The number of aliphatic hydroxyl groups excluding tert-OH is 1. The van der Waals surface area contributed by atoms with E-state index in [0.717, 1.165) is 6.42 Å². The van der Waals surface area contributed by atoms with Crippen LogP contribution in [-0.4, -0.2) is 26.1 Å². The maximum absolute atomic E-state index is 9.79. The number of unbranched alkanes of at least 4 members (excludes halogenated alkanes) is 5. The fraction of sp³-hybridized carbons (Fsp3) is 0.517. The van der Waals surface area contributed by atoms with Gasteiger partial charge in [0.1, 0.15) is 0 Å². The van der Waals surface area contributed by atoms with Gasteiger partial charge in [-0.3, -0.25) is 0 Å². The molecule has 0 amide bonds. The van der Waals surface area contributed by atoms with Crippen molar-refractivity contribution in [2.75, 3.05) is 6.61 Å². The molecule has 0 saturated heterocycles. The highest BCUT2D eigenvalue weighted by Gasteiger charge is 2.51. The van der Waals surface area contributed by atoms with E-state index in [-0.39, 0.29) is 17.7 Å². The lowest BCUT2D eigenvalue weighted by molar-refractivity contribution is 0.148. The minimum atomic E-state index is -2.62. The summed E-state index contributed by atoms with van der Waals surface area (Å²) >= 11 is 0. The summed E-state index contributed by atoms with van der Waals surface area (Å²) in [7, 11) is -2.62. The predicted molar refractivity (Wildman–Crippen MR) is 140 cm³/mol. The summed E-state index contributed by atoms with van der Waals surface area (Å²) < 4.78 is 7.15. The maximum atomic E-state index is 9.79. The van der Waals surface area contributed by atoms with E-state index in [0.29, 0.717) is 12.8 Å². The lowest BCUT2D eigenvalue weighted by atomic mass is 10.1. The molecule has 0 spiro atoms. The first-order valence-electron chi connectivity index (χ1n) is 12.3. The molecule has 0 aliphatic rings. The van der Waals surface area contributed by atoms with Crippen LogP contribution in [0.4, 0.5) is 0 Å². The normalized spacial score (nSPS) is 12.8. The zero-order valence-corrected chi connectivity index (χ0v) is 21.6. The van der Waals surface area contributed by atoms with Crippen LogP contribution in [0.15, 0.2) is 60.7 Å². The van der Waals surface area contributed by atoms with Crippen LogP contribution in [0.1, 0.15) is 79.1 Å². The van der Waals surface area contributed by atoms with Gasteiger partial charge in [0.2, 0.25) is 0 Å². The molecule has 0 radical (unpaired) electrons. The molecule has 0 aliphatic heterocycles. The van der Waals surface area contributed by atoms with Crippen molar-refractivity contribution in [1.29, 1.82) is 0 Å². The van der Waals surface area contributed by atoms with Crippen molar-refractivity contribution in [1.82, 2.24) is 0 Å². The van der Waals surface area contributed by atoms with Gasteiger partial charge < -0.3 is 9.53 Å². The Morgan fingerprint density at radius 1 is 0.844 bits per heavy atom. The van der Waals surface area contributed by atoms with E-state index >= 15 is 0 Å². The highest BCUT2D eigenvalue weighted by Crippen LogP contribution is 2.38. The molecule has 0 heterocycles. The van der Waals surface area contributed by atoms with Crippen molar-refractivity contribution in [3.05, 3.63) is 60.7 Å². The van der Waals surface area contributed by atoms with E-state index in [4.69, 9.17) is 4.43 Å². The monoisotopic (exact) mass is 450 g/mol. The Balaban J connectivity index is 2.28. The molecule has 0 bridgehead atoms. The third-order valence-electron chi connectivity index (χ3n) is 6.07. The van der Waals surface area contributed by atoms with E-state index in [1.54, 1.807) is 0 Å². The van der Waals surface area contributed by atoms with Crippen molar-refractivity contribution >= 4 is 18.7 Å². The smallest absolute Gasteiger partial charge is 0.261 e. The van der Waals surface area contributed by atoms with Crippen molar-refractivity contribution < 1.29 is 9.53 Å². The Morgan fingerprint density at radius 2 is 1.41 bits per heavy atom. The van der Waals surface area contributed by atoms with E-state index in [1.807, 2.05) is 0 Å². The Kier molecular flexibility index (Phi) is 11.2. The maximum Gasteiger partial charge on any atom is 0.261 e. The Morgan fingerprint density at radius 3 is 1.91 bits per heavy atom. The molecule has 2 aromatic carbocycles. The third-order valence-corrected chi connectivity index (χ3v) is 11.2. The van der Waals surface area contributed by atoms with Gasteiger partial charge in [-0.1, -0.05) is 114 Å². The summed E-state index contributed by atoms with van der Waals surface area (Å²) in [5.74, 6) is 6.73. The molecule has 0 aliphatic carbocycles. The molecule has 174 valence electrons. The van der Waals surface area contributed by atoms with Gasteiger partial charge in [0.25, 0.3) is 8.32 Å². The first kappa shape index (κ1) is 26.4. The molecule has 2 aromatic rings. The van der Waals surface area contributed by atoms with Gasteiger partial charge in [-0.25, -0.2) is 0 Å². The van der Waals surface area contributed by atoms with Crippen LogP contribution in [0.25, 0.3) is 0 Å². The highest BCUT2D eigenvalue weighted by atomic mass is 28.4. The first-order chi connectivity index (χ1) is 15.5. The molecule has 1 N–H and O–H groups in total. The van der Waals surface area contributed by atoms with Crippen LogP contribution in [0.3, 0.4) is 0 Å². The molecule has 2 rings (SSSR count). The molecule has 0 fully saturated rings. The Bertz CT molecular complexity index is 775. The molecule has 1 unspecified atom stereocenters. The topological polar surface area (TPSA) is 29.5 Å². The second-order valence-electron chi connectivity index (χ2n) is 9.64. The summed E-state index contributed by atoms with van der Waals surface area (Å²) in [6.45, 7) is 9.22. The highest BCUT2D eigenvalue weighted by molar-refractivity contribution is 6.99. The average molecular weight is 451 g/mol. The largest absolute Gasteiger partial charge is 0.403 e. The van der Waals surface area contributed by atoms with Gasteiger partial charge in [0.05, 0.1) is 6.10 Å². The summed E-state index contributed by atoms with van der Waals surface area (Å²) in [6, 6.07) is 21.4. The van der Waals surface area contributed by atoms with E-state index < -0.39 is 8.32 Å². The molecular formula is C29H42O2Si. The van der Waals surface area contributed by atoms with Gasteiger partial charge in [-0.05, 0) is 28.3 Å². The average Bonchev–Trinajstić information content (AvgIpc) is 2.79. The summed E-state index contributed by atoms with van der Waals surface area (Å²) in [5, 5.41) is 12.3. The number of rotatable bonds is 12. The van der Waals surface area contributed by atoms with Gasteiger partial charge in [-0.15, -0.1) is 11.8 Å². The summed E-state index contributed by atoms with van der Waals surface area (Å²) in [4.78, 5) is 0. The second kappa shape index (κ2) is 13.6. The van der Waals surface area contributed by atoms with Crippen LogP contribution in [-0.2, 0) is 4.43 Å². The molecule has 3 heteroatoms. The van der Waals surface area contributed by atoms with E-state index in [1.165, 1.54) is 42.5 Å². The summed E-state index contributed by atoms with van der Waals surface area (Å²) in [5.41, 5.74) is 0. The minimum absolute atomic E-state index is 0.0733. The lowest BCUT2D eigenvalue weighted by Gasteiger charge is -2.45. The van der Waals surface area contributed by atoms with Crippen molar-refractivity contribution in [3.63, 3.8) is 0 Å². The Labute approximate surface area is 197 Å². The predicted octanol–water partition coefficient (Wildman–Crippen LogP) is 6.07. The van der Waals surface area contributed by atoms with Crippen molar-refractivity contribution in [3.8, 4) is 11.8 Å². The number of hydrogen-bond donors (Lipinski definition) is 1. The van der Waals surface area contributed by atoms with Gasteiger partial charge in [0, 0.05) is 19.4 Å². The van der Waals surface area contributed by atoms with Crippen LogP contribution in [0.2, 0.25) is 5.04 Å².